The minimum atomic E-state index is -3.90. The van der Waals surface area contributed by atoms with Gasteiger partial charge < -0.3 is 0 Å². The van der Waals surface area contributed by atoms with Crippen LogP contribution >= 0.6 is 0 Å². The molecule has 2 atom stereocenters. The molecule has 0 aromatic heterocycles. The highest BCUT2D eigenvalue weighted by Crippen LogP contribution is 2.31. The molecule has 94 valence electrons. The lowest BCUT2D eigenvalue weighted by Gasteiger charge is -2.29. The Balaban J connectivity index is 2.13. The van der Waals surface area contributed by atoms with Gasteiger partial charge in [-0.2, -0.15) is 8.42 Å². The van der Waals surface area contributed by atoms with Gasteiger partial charge in [0, 0.05) is 0 Å². The molecule has 0 bridgehead atoms. The lowest BCUT2D eigenvalue weighted by molar-refractivity contribution is 0.334. The summed E-state index contributed by atoms with van der Waals surface area (Å²) in [5, 5.41) is -0.573. The maximum Gasteiger partial charge on any atom is 0.268 e. The van der Waals surface area contributed by atoms with E-state index < -0.39 is 15.4 Å². The van der Waals surface area contributed by atoms with Crippen molar-refractivity contribution >= 4 is 10.1 Å². The van der Waals surface area contributed by atoms with Crippen molar-refractivity contribution in [2.24, 2.45) is 5.92 Å². The minimum Gasteiger partial charge on any atom is -0.285 e. The van der Waals surface area contributed by atoms with Crippen LogP contribution < -0.4 is 0 Å². The molecule has 1 aromatic carbocycles. The standard InChI is InChI=1S/C13H18O3S/c14-17(15,16)13-9-5-4-8-12(13)10-11-6-2-1-3-7-11/h1-3,6-7,12-13H,4-5,8-10H2,(H,14,15,16). The molecule has 3 nitrogen and oxygen atoms in total. The van der Waals surface area contributed by atoms with Gasteiger partial charge >= 0.3 is 0 Å². The van der Waals surface area contributed by atoms with Gasteiger partial charge in [0.05, 0.1) is 5.25 Å². The molecule has 1 aliphatic rings. The monoisotopic (exact) mass is 254 g/mol. The van der Waals surface area contributed by atoms with Crippen LogP contribution in [0.4, 0.5) is 0 Å². The highest BCUT2D eigenvalue weighted by molar-refractivity contribution is 7.86. The van der Waals surface area contributed by atoms with Gasteiger partial charge in [-0.05, 0) is 30.7 Å². The summed E-state index contributed by atoms with van der Waals surface area (Å²) in [7, 11) is -3.90. The average molecular weight is 254 g/mol. The average Bonchev–Trinajstić information content (AvgIpc) is 2.30. The molecule has 1 aromatic rings. The summed E-state index contributed by atoms with van der Waals surface area (Å²) in [5.74, 6) is 0.0566. The van der Waals surface area contributed by atoms with Crippen LogP contribution in [0.25, 0.3) is 0 Å². The number of hydrogen-bond acceptors (Lipinski definition) is 2. The van der Waals surface area contributed by atoms with Crippen molar-refractivity contribution in [2.75, 3.05) is 0 Å². The van der Waals surface area contributed by atoms with Crippen LogP contribution in [0.3, 0.4) is 0 Å². The summed E-state index contributed by atoms with van der Waals surface area (Å²) in [6.45, 7) is 0. The first-order valence-corrected chi connectivity index (χ1v) is 7.58. The molecule has 0 amide bonds. The van der Waals surface area contributed by atoms with Gasteiger partial charge in [0.25, 0.3) is 10.1 Å². The van der Waals surface area contributed by atoms with Crippen LogP contribution in [0.5, 0.6) is 0 Å². The molecule has 17 heavy (non-hydrogen) atoms. The molecule has 0 heterocycles. The fourth-order valence-electron chi connectivity index (χ4n) is 2.72. The Hall–Kier alpha value is -0.870. The number of hydrogen-bond donors (Lipinski definition) is 1. The predicted molar refractivity (Wildman–Crippen MR) is 67.4 cm³/mol. The summed E-state index contributed by atoms with van der Waals surface area (Å²) < 4.78 is 31.9. The third kappa shape index (κ3) is 3.30. The van der Waals surface area contributed by atoms with Crippen LogP contribution in [0.2, 0.25) is 0 Å². The maximum atomic E-state index is 11.3. The minimum absolute atomic E-state index is 0.0566. The molecule has 1 saturated carbocycles. The lowest BCUT2D eigenvalue weighted by Crippen LogP contribution is -2.33. The van der Waals surface area contributed by atoms with Crippen molar-refractivity contribution < 1.29 is 13.0 Å². The lowest BCUT2D eigenvalue weighted by atomic mass is 9.84. The van der Waals surface area contributed by atoms with Crippen molar-refractivity contribution in [2.45, 2.75) is 37.4 Å². The van der Waals surface area contributed by atoms with Crippen LogP contribution in [0, 0.1) is 5.92 Å². The van der Waals surface area contributed by atoms with E-state index >= 15 is 0 Å². The topological polar surface area (TPSA) is 54.4 Å². The second-order valence-corrected chi connectivity index (χ2v) is 6.42. The Kier molecular flexibility index (Phi) is 3.84. The molecular formula is C13H18O3S. The zero-order valence-electron chi connectivity index (χ0n) is 9.75. The zero-order valence-corrected chi connectivity index (χ0v) is 10.6. The molecule has 1 fully saturated rings. The third-order valence-corrected chi connectivity index (χ3v) is 4.95. The van der Waals surface area contributed by atoms with E-state index in [4.69, 9.17) is 0 Å². The highest BCUT2D eigenvalue weighted by Gasteiger charge is 2.34. The maximum absolute atomic E-state index is 11.3. The smallest absolute Gasteiger partial charge is 0.268 e. The molecule has 0 saturated heterocycles. The van der Waals surface area contributed by atoms with Crippen molar-refractivity contribution in [3.05, 3.63) is 35.9 Å². The first-order valence-electron chi connectivity index (χ1n) is 6.07. The number of rotatable bonds is 3. The molecule has 0 radical (unpaired) electrons. The van der Waals surface area contributed by atoms with E-state index in [2.05, 4.69) is 0 Å². The van der Waals surface area contributed by atoms with Crippen LogP contribution in [-0.2, 0) is 16.5 Å². The van der Waals surface area contributed by atoms with Crippen LogP contribution in [-0.4, -0.2) is 18.2 Å². The Bertz CT molecular complexity index is 453. The molecule has 4 heteroatoms. The van der Waals surface area contributed by atoms with E-state index in [-0.39, 0.29) is 5.92 Å². The summed E-state index contributed by atoms with van der Waals surface area (Å²) in [6, 6.07) is 9.89. The first kappa shape index (κ1) is 12.6. The second kappa shape index (κ2) is 5.19. The van der Waals surface area contributed by atoms with Crippen molar-refractivity contribution in [3.63, 3.8) is 0 Å². The molecule has 2 rings (SSSR count). The fourth-order valence-corrected chi connectivity index (χ4v) is 3.90. The van der Waals surface area contributed by atoms with Gasteiger partial charge in [-0.25, -0.2) is 0 Å². The summed E-state index contributed by atoms with van der Waals surface area (Å²) in [6.07, 6.45) is 4.18. The quantitative estimate of drug-likeness (QED) is 0.844. The Labute approximate surface area is 103 Å². The third-order valence-electron chi connectivity index (χ3n) is 3.56. The highest BCUT2D eigenvalue weighted by atomic mass is 32.2. The molecule has 2 unspecified atom stereocenters. The van der Waals surface area contributed by atoms with Gasteiger partial charge in [-0.1, -0.05) is 43.2 Å². The van der Waals surface area contributed by atoms with E-state index in [1.165, 1.54) is 0 Å². The largest absolute Gasteiger partial charge is 0.285 e. The summed E-state index contributed by atoms with van der Waals surface area (Å²) >= 11 is 0. The van der Waals surface area contributed by atoms with E-state index in [0.29, 0.717) is 6.42 Å². The van der Waals surface area contributed by atoms with Gasteiger partial charge in [0.1, 0.15) is 0 Å². The summed E-state index contributed by atoms with van der Waals surface area (Å²) in [4.78, 5) is 0. The zero-order chi connectivity index (χ0) is 12.3. The fraction of sp³-hybridized carbons (Fsp3) is 0.538. The van der Waals surface area contributed by atoms with E-state index in [0.717, 1.165) is 31.2 Å². The predicted octanol–water partition coefficient (Wildman–Crippen LogP) is 2.68. The molecule has 0 spiro atoms. The van der Waals surface area contributed by atoms with Crippen LogP contribution in [0.15, 0.2) is 30.3 Å². The van der Waals surface area contributed by atoms with Crippen molar-refractivity contribution in [1.82, 2.24) is 0 Å². The van der Waals surface area contributed by atoms with Crippen LogP contribution in [0.1, 0.15) is 31.2 Å². The van der Waals surface area contributed by atoms with Gasteiger partial charge in [0.2, 0.25) is 0 Å². The molecular weight excluding hydrogens is 236 g/mol. The Morgan fingerprint density at radius 2 is 1.76 bits per heavy atom. The SMILES string of the molecule is O=S(=O)(O)C1CCCCC1Cc1ccccc1. The van der Waals surface area contributed by atoms with E-state index in [1.807, 2.05) is 30.3 Å². The molecule has 1 N–H and O–H groups in total. The number of benzene rings is 1. The Morgan fingerprint density at radius 3 is 2.41 bits per heavy atom. The van der Waals surface area contributed by atoms with Gasteiger partial charge in [-0.3, -0.25) is 4.55 Å². The van der Waals surface area contributed by atoms with Crippen molar-refractivity contribution in [1.29, 1.82) is 0 Å². The van der Waals surface area contributed by atoms with E-state index in [9.17, 15) is 13.0 Å². The summed E-state index contributed by atoms with van der Waals surface area (Å²) in [5.41, 5.74) is 1.15. The van der Waals surface area contributed by atoms with E-state index in [1.54, 1.807) is 0 Å². The molecule has 1 aliphatic carbocycles. The van der Waals surface area contributed by atoms with Gasteiger partial charge in [0.15, 0.2) is 0 Å². The normalized spacial score (nSPS) is 25.7. The second-order valence-electron chi connectivity index (χ2n) is 4.79. The van der Waals surface area contributed by atoms with Crippen molar-refractivity contribution in [3.8, 4) is 0 Å². The Morgan fingerprint density at radius 1 is 1.12 bits per heavy atom. The molecule has 0 aliphatic heterocycles. The van der Waals surface area contributed by atoms with Gasteiger partial charge in [-0.15, -0.1) is 0 Å². The first-order chi connectivity index (χ1) is 8.07.